The summed E-state index contributed by atoms with van der Waals surface area (Å²) >= 11 is 0. The topological polar surface area (TPSA) is 0 Å². The molecule has 0 N–H and O–H groups in total. The van der Waals surface area contributed by atoms with Crippen molar-refractivity contribution >= 4 is 7.26 Å². The molecule has 0 amide bonds. The Kier molecular flexibility index (Phi) is 11.4. The number of rotatable bonds is 14. The van der Waals surface area contributed by atoms with Crippen LogP contribution >= 0.6 is 7.26 Å². The maximum absolute atomic E-state index is 4.24. The van der Waals surface area contributed by atoms with Crippen molar-refractivity contribution in [3.8, 4) is 0 Å². The Morgan fingerprint density at radius 3 is 2.00 bits per heavy atom. The summed E-state index contributed by atoms with van der Waals surface area (Å²) in [7, 11) is -1.31. The van der Waals surface area contributed by atoms with Gasteiger partial charge in [-0.2, -0.15) is 0 Å². The molecular formula is C23H41P. The molecule has 0 aliphatic carbocycles. The molecule has 0 saturated carbocycles. The minimum atomic E-state index is -1.31. The van der Waals surface area contributed by atoms with Crippen molar-refractivity contribution in [1.82, 2.24) is 0 Å². The van der Waals surface area contributed by atoms with Gasteiger partial charge in [0.2, 0.25) is 0 Å². The van der Waals surface area contributed by atoms with Crippen LogP contribution in [-0.2, 0) is 6.16 Å². The van der Waals surface area contributed by atoms with E-state index >= 15 is 0 Å². The van der Waals surface area contributed by atoms with E-state index in [-0.39, 0.29) is 0 Å². The van der Waals surface area contributed by atoms with Crippen LogP contribution in [0.1, 0.15) is 77.7 Å². The van der Waals surface area contributed by atoms with Crippen molar-refractivity contribution in [2.24, 2.45) is 0 Å². The van der Waals surface area contributed by atoms with E-state index in [2.05, 4.69) is 63.8 Å². The quantitative estimate of drug-likeness (QED) is 0.184. The third-order valence-corrected chi connectivity index (χ3v) is 12.0. The van der Waals surface area contributed by atoms with Crippen molar-refractivity contribution in [3.05, 3.63) is 48.6 Å². The molecule has 1 atom stereocenters. The Morgan fingerprint density at radius 2 is 1.46 bits per heavy atom. The van der Waals surface area contributed by atoms with Gasteiger partial charge in [-0.15, -0.1) is 0 Å². The van der Waals surface area contributed by atoms with E-state index in [1.54, 1.807) is 5.56 Å². The van der Waals surface area contributed by atoms with Gasteiger partial charge in [-0.25, -0.2) is 0 Å². The van der Waals surface area contributed by atoms with Crippen LogP contribution in [0.5, 0.6) is 0 Å². The molecule has 1 aromatic rings. The van der Waals surface area contributed by atoms with Gasteiger partial charge in [0.1, 0.15) is 0 Å². The van der Waals surface area contributed by atoms with E-state index in [0.717, 1.165) is 5.66 Å². The fourth-order valence-electron chi connectivity index (χ4n) is 4.15. The molecule has 0 aliphatic rings. The van der Waals surface area contributed by atoms with Crippen LogP contribution in [-0.4, -0.2) is 18.0 Å². The summed E-state index contributed by atoms with van der Waals surface area (Å²) in [4.78, 5) is 0. The average molecular weight is 349 g/mol. The Bertz CT molecular complexity index is 419. The van der Waals surface area contributed by atoms with Crippen LogP contribution in [0.15, 0.2) is 43.0 Å². The zero-order chi connectivity index (χ0) is 17.7. The summed E-state index contributed by atoms with van der Waals surface area (Å²) in [5.41, 5.74) is 2.32. The first-order valence-electron chi connectivity index (χ1n) is 10.4. The SMILES string of the molecule is C=CC(CCCCCCCCC)[PH](CC)(CC)Cc1ccccc1. The molecule has 0 nitrogen and oxygen atoms in total. The third-order valence-electron chi connectivity index (χ3n) is 6.00. The minimum absolute atomic E-state index is 0.781. The van der Waals surface area contributed by atoms with E-state index in [1.165, 1.54) is 69.9 Å². The van der Waals surface area contributed by atoms with Crippen molar-refractivity contribution in [2.45, 2.75) is 84.0 Å². The fourth-order valence-corrected chi connectivity index (χ4v) is 8.83. The van der Waals surface area contributed by atoms with Gasteiger partial charge in [-0.3, -0.25) is 0 Å². The van der Waals surface area contributed by atoms with Gasteiger partial charge in [0.25, 0.3) is 0 Å². The molecule has 0 fully saturated rings. The molecule has 0 bridgehead atoms. The predicted molar refractivity (Wildman–Crippen MR) is 116 cm³/mol. The van der Waals surface area contributed by atoms with Crippen LogP contribution in [0.2, 0.25) is 0 Å². The summed E-state index contributed by atoms with van der Waals surface area (Å²) in [6.45, 7) is 11.4. The molecule has 0 saturated heterocycles. The first-order chi connectivity index (χ1) is 11.7. The summed E-state index contributed by atoms with van der Waals surface area (Å²) in [5.74, 6) is 0. The van der Waals surface area contributed by atoms with Gasteiger partial charge in [-0.1, -0.05) is 0 Å². The summed E-state index contributed by atoms with van der Waals surface area (Å²) in [6.07, 6.45) is 17.6. The molecule has 0 radical (unpaired) electrons. The fraction of sp³-hybridized carbons (Fsp3) is 0.652. The van der Waals surface area contributed by atoms with E-state index in [4.69, 9.17) is 0 Å². The van der Waals surface area contributed by atoms with Gasteiger partial charge in [-0.05, 0) is 0 Å². The van der Waals surface area contributed by atoms with Crippen LogP contribution in [0, 0.1) is 0 Å². The molecule has 0 aliphatic heterocycles. The normalized spacial score (nSPS) is 13.6. The summed E-state index contributed by atoms with van der Waals surface area (Å²) in [5, 5.41) is 0. The average Bonchev–Trinajstić information content (AvgIpc) is 2.63. The molecule has 0 heterocycles. The van der Waals surface area contributed by atoms with Crippen LogP contribution in [0.25, 0.3) is 0 Å². The first kappa shape index (κ1) is 21.4. The molecule has 1 heteroatoms. The molecule has 0 aromatic heterocycles. The van der Waals surface area contributed by atoms with Gasteiger partial charge in [0, 0.05) is 0 Å². The first-order valence-corrected chi connectivity index (χ1v) is 13.1. The van der Waals surface area contributed by atoms with E-state index in [1.807, 2.05) is 0 Å². The number of hydrogen-bond acceptors (Lipinski definition) is 0. The number of benzene rings is 1. The second-order valence-electron chi connectivity index (χ2n) is 7.48. The van der Waals surface area contributed by atoms with Gasteiger partial charge < -0.3 is 0 Å². The van der Waals surface area contributed by atoms with Crippen molar-refractivity contribution in [1.29, 1.82) is 0 Å². The summed E-state index contributed by atoms with van der Waals surface area (Å²) < 4.78 is 0. The molecule has 138 valence electrons. The predicted octanol–water partition coefficient (Wildman–Crippen LogP) is 7.67. The van der Waals surface area contributed by atoms with Crippen LogP contribution in [0.4, 0.5) is 0 Å². The van der Waals surface area contributed by atoms with E-state index < -0.39 is 7.26 Å². The Hall–Kier alpha value is -0.610. The number of unbranched alkanes of at least 4 members (excludes halogenated alkanes) is 6. The monoisotopic (exact) mass is 348 g/mol. The van der Waals surface area contributed by atoms with Crippen molar-refractivity contribution in [2.75, 3.05) is 12.3 Å². The maximum atomic E-state index is 4.24. The molecular weight excluding hydrogens is 307 g/mol. The number of hydrogen-bond donors (Lipinski definition) is 0. The van der Waals surface area contributed by atoms with E-state index in [9.17, 15) is 0 Å². The molecule has 0 spiro atoms. The van der Waals surface area contributed by atoms with Crippen molar-refractivity contribution in [3.63, 3.8) is 0 Å². The summed E-state index contributed by atoms with van der Waals surface area (Å²) in [6, 6.07) is 11.2. The molecule has 1 rings (SSSR count). The zero-order valence-corrected chi connectivity index (χ0v) is 17.5. The van der Waals surface area contributed by atoms with Crippen molar-refractivity contribution < 1.29 is 0 Å². The molecule has 1 unspecified atom stereocenters. The van der Waals surface area contributed by atoms with Crippen LogP contribution < -0.4 is 0 Å². The standard InChI is InChI=1S/C23H41P/c1-5-9-10-11-12-13-17-20-23(6-2)24(7-3,8-4)21-22-18-15-14-16-19-22/h6,14-16,18-19,23-24H,2,5,7-13,17,20-21H2,1,3-4H3. The third kappa shape index (κ3) is 7.10. The Morgan fingerprint density at radius 1 is 0.875 bits per heavy atom. The molecule has 24 heavy (non-hydrogen) atoms. The van der Waals surface area contributed by atoms with Gasteiger partial charge in [0.15, 0.2) is 0 Å². The van der Waals surface area contributed by atoms with Gasteiger partial charge in [0.05, 0.1) is 0 Å². The number of allylic oxidation sites excluding steroid dienone is 1. The Labute approximate surface area is 152 Å². The van der Waals surface area contributed by atoms with Crippen LogP contribution in [0.3, 0.4) is 0 Å². The zero-order valence-electron chi connectivity index (χ0n) is 16.5. The Balaban J connectivity index is 2.55. The second-order valence-corrected chi connectivity index (χ2v) is 12.7. The van der Waals surface area contributed by atoms with E-state index in [0.29, 0.717) is 0 Å². The second kappa shape index (κ2) is 12.7. The van der Waals surface area contributed by atoms with Gasteiger partial charge >= 0.3 is 152 Å². The molecule has 1 aromatic carbocycles.